The zero-order chi connectivity index (χ0) is 49.6. The van der Waals surface area contributed by atoms with E-state index in [-0.39, 0.29) is 25.6 Å². The van der Waals surface area contributed by atoms with Gasteiger partial charge >= 0.3 is 16.4 Å². The molecule has 68 heavy (non-hydrogen) atoms. The Morgan fingerprint density at radius 3 is 1.18 bits per heavy atom. The first kappa shape index (κ1) is 65.1. The van der Waals surface area contributed by atoms with Gasteiger partial charge in [-0.15, -0.1) is 0 Å². The zero-order valence-electron chi connectivity index (χ0n) is 44.0. The van der Waals surface area contributed by atoms with Gasteiger partial charge in [0, 0.05) is 13.0 Å². The highest BCUT2D eigenvalue weighted by atomic mass is 32.3. The third-order valence-corrected chi connectivity index (χ3v) is 14.2. The Labute approximate surface area is 417 Å². The highest BCUT2D eigenvalue weighted by Crippen LogP contribution is 2.26. The number of esters is 1. The lowest BCUT2D eigenvalue weighted by Crippen LogP contribution is -2.60. The van der Waals surface area contributed by atoms with Gasteiger partial charge in [0.05, 0.1) is 19.8 Å². The molecule has 6 atom stereocenters. The molecule has 13 heteroatoms. The quantitative estimate of drug-likeness (QED) is 0.0258. The van der Waals surface area contributed by atoms with Gasteiger partial charge in [0.2, 0.25) is 0 Å². The van der Waals surface area contributed by atoms with Gasteiger partial charge in [-0.2, -0.15) is 8.42 Å². The van der Waals surface area contributed by atoms with Crippen LogP contribution in [-0.4, -0.2) is 97.5 Å². The summed E-state index contributed by atoms with van der Waals surface area (Å²) in [4.78, 5) is 12.9. The summed E-state index contributed by atoms with van der Waals surface area (Å²) < 4.78 is 59.4. The molecule has 4 N–H and O–H groups in total. The molecule has 0 amide bonds. The van der Waals surface area contributed by atoms with E-state index in [1.165, 1.54) is 218 Å². The lowest BCUT2D eigenvalue weighted by atomic mass is 9.99. The van der Waals surface area contributed by atoms with Crippen LogP contribution in [-0.2, 0) is 38.3 Å². The molecule has 12 nitrogen and oxygen atoms in total. The number of ether oxygens (including phenoxy) is 4. The molecule has 406 valence electrons. The predicted octanol–water partition coefficient (Wildman–Crippen LogP) is 14.0. The lowest BCUT2D eigenvalue weighted by Gasteiger charge is -2.41. The fourth-order valence-corrected chi connectivity index (χ4v) is 9.89. The van der Waals surface area contributed by atoms with E-state index in [4.69, 9.17) is 18.9 Å². The first-order valence-corrected chi connectivity index (χ1v) is 30.2. The average Bonchev–Trinajstić information content (AvgIpc) is 3.31. The van der Waals surface area contributed by atoms with Crippen LogP contribution in [0.25, 0.3) is 0 Å². The zero-order valence-corrected chi connectivity index (χ0v) is 44.8. The van der Waals surface area contributed by atoms with Gasteiger partial charge in [-0.25, -0.2) is 4.18 Å². The Hall–Kier alpha value is -0.900. The van der Waals surface area contributed by atoms with Crippen molar-refractivity contribution in [2.75, 3.05) is 26.4 Å². The summed E-state index contributed by atoms with van der Waals surface area (Å²) in [6.07, 6.45) is 44.3. The molecule has 0 aromatic rings. The number of carbonyl (C=O) groups excluding carboxylic acids is 1. The van der Waals surface area contributed by atoms with Gasteiger partial charge in [-0.05, 0) is 12.8 Å². The fourth-order valence-electron chi connectivity index (χ4n) is 9.38. The molecule has 0 saturated carbocycles. The molecule has 1 saturated heterocycles. The maximum absolute atomic E-state index is 12.9. The van der Waals surface area contributed by atoms with Crippen LogP contribution >= 0.6 is 0 Å². The van der Waals surface area contributed by atoms with Gasteiger partial charge in [-0.1, -0.05) is 264 Å². The van der Waals surface area contributed by atoms with Gasteiger partial charge in [0.15, 0.2) is 6.29 Å². The molecule has 0 bridgehead atoms. The van der Waals surface area contributed by atoms with Crippen molar-refractivity contribution in [2.24, 2.45) is 0 Å². The highest BCUT2D eigenvalue weighted by Gasteiger charge is 2.48. The van der Waals surface area contributed by atoms with Crippen molar-refractivity contribution in [1.29, 1.82) is 0 Å². The van der Waals surface area contributed by atoms with Crippen molar-refractivity contribution in [3.63, 3.8) is 0 Å². The van der Waals surface area contributed by atoms with E-state index in [1.807, 2.05) is 0 Å². The summed E-state index contributed by atoms with van der Waals surface area (Å²) in [5.41, 5.74) is 0. The average molecular weight is 994 g/mol. The maximum atomic E-state index is 12.9. The summed E-state index contributed by atoms with van der Waals surface area (Å²) in [6.45, 7) is 4.08. The Morgan fingerprint density at radius 2 is 0.838 bits per heavy atom. The second-order valence-electron chi connectivity index (χ2n) is 20.3. The number of aliphatic hydroxyl groups excluding tert-OH is 3. The monoisotopic (exact) mass is 993 g/mol. The first-order chi connectivity index (χ1) is 33.1. The van der Waals surface area contributed by atoms with E-state index < -0.39 is 53.8 Å². The third-order valence-electron chi connectivity index (χ3n) is 13.7. The summed E-state index contributed by atoms with van der Waals surface area (Å²) >= 11 is 0. The van der Waals surface area contributed by atoms with Crippen LogP contribution in [0.15, 0.2) is 0 Å². The van der Waals surface area contributed by atoms with Gasteiger partial charge in [0.1, 0.15) is 30.5 Å². The van der Waals surface area contributed by atoms with Crippen LogP contribution in [0.2, 0.25) is 0 Å². The summed E-state index contributed by atoms with van der Waals surface area (Å²) in [7, 11) is -5.06. The van der Waals surface area contributed by atoms with E-state index >= 15 is 0 Å². The minimum Gasteiger partial charge on any atom is -0.457 e. The van der Waals surface area contributed by atoms with E-state index in [0.29, 0.717) is 13.0 Å². The van der Waals surface area contributed by atoms with Crippen molar-refractivity contribution in [3.8, 4) is 0 Å². The number of rotatable bonds is 52. The van der Waals surface area contributed by atoms with Crippen molar-refractivity contribution in [3.05, 3.63) is 0 Å². The van der Waals surface area contributed by atoms with Gasteiger partial charge < -0.3 is 34.3 Å². The van der Waals surface area contributed by atoms with Crippen LogP contribution in [0.5, 0.6) is 0 Å². The molecular formula is C55H108O12S. The van der Waals surface area contributed by atoms with Gasteiger partial charge in [0.25, 0.3) is 0 Å². The minimum atomic E-state index is -5.06. The topological polar surface area (TPSA) is 178 Å². The standard InChI is InChI=1S/C55H108O12S/c1-3-5-7-9-11-13-15-17-19-21-23-25-27-29-31-33-35-37-39-41-43-45-63-47-49(48-64-55-53(59)54(67-68(60,61)62)52(58)50(46-56)66-55)65-51(57)44-42-40-38-36-34-32-30-28-26-24-22-20-18-16-14-12-10-8-6-4-2/h49-50,52-56,58-59H,3-48H2,1-2H3,(H,60,61,62). The lowest BCUT2D eigenvalue weighted by molar-refractivity contribution is -0.301. The molecule has 0 radical (unpaired) electrons. The summed E-state index contributed by atoms with van der Waals surface area (Å²) in [5.74, 6) is -0.389. The smallest absolute Gasteiger partial charge is 0.397 e. The Bertz CT molecular complexity index is 1190. The second-order valence-corrected chi connectivity index (χ2v) is 21.3. The molecule has 0 aromatic carbocycles. The number of unbranched alkanes of at least 4 members (excludes halogenated alkanes) is 39. The highest BCUT2D eigenvalue weighted by molar-refractivity contribution is 7.80. The molecule has 0 spiro atoms. The molecule has 1 rings (SSSR count). The predicted molar refractivity (Wildman–Crippen MR) is 276 cm³/mol. The molecule has 1 aliphatic rings. The van der Waals surface area contributed by atoms with Crippen molar-refractivity contribution >= 4 is 16.4 Å². The van der Waals surface area contributed by atoms with E-state index in [2.05, 4.69) is 18.0 Å². The molecular weight excluding hydrogens is 885 g/mol. The number of hydrogen-bond acceptors (Lipinski definition) is 11. The largest absolute Gasteiger partial charge is 0.457 e. The normalized spacial score (nSPS) is 19.2. The van der Waals surface area contributed by atoms with Crippen LogP contribution in [0.4, 0.5) is 0 Å². The van der Waals surface area contributed by atoms with Crippen LogP contribution < -0.4 is 0 Å². The minimum absolute atomic E-state index is 0.0456. The molecule has 6 unspecified atom stereocenters. The van der Waals surface area contributed by atoms with Crippen LogP contribution in [0.3, 0.4) is 0 Å². The SMILES string of the molecule is CCCCCCCCCCCCCCCCCCCCCCCOCC(COC1OC(CO)C(O)C(OS(=O)(=O)O)C1O)OC(=O)CCCCCCCCCCCCCCCCCCCCCC. The molecule has 1 heterocycles. The molecule has 0 aromatic heterocycles. The summed E-state index contributed by atoms with van der Waals surface area (Å²) in [5, 5.41) is 30.8. The first-order valence-electron chi connectivity index (χ1n) is 28.8. The Kier molecular flexibility index (Phi) is 45.1. The van der Waals surface area contributed by atoms with E-state index in [9.17, 15) is 33.1 Å². The third kappa shape index (κ3) is 39.7. The van der Waals surface area contributed by atoms with Crippen molar-refractivity contribution in [1.82, 2.24) is 0 Å². The van der Waals surface area contributed by atoms with Gasteiger partial charge in [-0.3, -0.25) is 9.35 Å². The fraction of sp³-hybridized carbons (Fsp3) is 0.982. The van der Waals surface area contributed by atoms with Crippen molar-refractivity contribution < 1.29 is 56.2 Å². The number of aliphatic hydroxyl groups is 3. The molecule has 1 aliphatic heterocycles. The summed E-state index contributed by atoms with van der Waals surface area (Å²) in [6, 6.07) is 0. The van der Waals surface area contributed by atoms with Crippen molar-refractivity contribution in [2.45, 2.75) is 320 Å². The van der Waals surface area contributed by atoms with Crippen LogP contribution in [0, 0.1) is 0 Å². The van der Waals surface area contributed by atoms with E-state index in [1.54, 1.807) is 0 Å². The maximum Gasteiger partial charge on any atom is 0.397 e. The Morgan fingerprint density at radius 1 is 0.500 bits per heavy atom. The second kappa shape index (κ2) is 47.1. The molecule has 1 fully saturated rings. The number of hydrogen-bond donors (Lipinski definition) is 4. The Balaban J connectivity index is 2.28. The van der Waals surface area contributed by atoms with Crippen LogP contribution in [0.1, 0.15) is 284 Å². The molecule has 0 aliphatic carbocycles. The van der Waals surface area contributed by atoms with E-state index in [0.717, 1.165) is 38.5 Å². The number of carbonyl (C=O) groups is 1.